The molecule has 3 atom stereocenters. The molecule has 0 unspecified atom stereocenters. The number of rotatable bonds is 5. The van der Waals surface area contributed by atoms with Gasteiger partial charge in [0.15, 0.2) is 0 Å². The number of carbonyl (C=O) groups excluding carboxylic acids is 1. The number of hydrogen-bond acceptors (Lipinski definition) is 3. The Morgan fingerprint density at radius 1 is 1.39 bits per heavy atom. The van der Waals surface area contributed by atoms with Crippen LogP contribution in [0.1, 0.15) is 51.2 Å². The molecule has 0 aliphatic carbocycles. The maximum absolute atomic E-state index is 11.4. The molecule has 1 aliphatic rings. The van der Waals surface area contributed by atoms with E-state index in [2.05, 4.69) is 47.1 Å². The summed E-state index contributed by atoms with van der Waals surface area (Å²) in [5, 5.41) is 0. The third-order valence-corrected chi connectivity index (χ3v) is 5.95. The minimum atomic E-state index is -0.266. The Bertz CT molecular complexity index is 555. The number of benzene rings is 1. The van der Waals surface area contributed by atoms with Crippen molar-refractivity contribution in [2.45, 2.75) is 56.1 Å². The zero-order valence-corrected chi connectivity index (χ0v) is 15.6. The number of esters is 1. The van der Waals surface area contributed by atoms with E-state index >= 15 is 0 Å². The normalized spacial score (nSPS) is 28.4. The number of halogens is 1. The van der Waals surface area contributed by atoms with Crippen LogP contribution in [0.3, 0.4) is 0 Å². The van der Waals surface area contributed by atoms with E-state index in [0.29, 0.717) is 10.4 Å². The van der Waals surface area contributed by atoms with Crippen LogP contribution < -0.4 is 0 Å². The molecule has 1 saturated heterocycles. The smallest absolute Gasteiger partial charge is 0.333 e. The summed E-state index contributed by atoms with van der Waals surface area (Å²) in [6.07, 6.45) is 5.83. The first-order chi connectivity index (χ1) is 11.0. The third-order valence-electron chi connectivity index (χ3n) is 4.53. The standard InChI is InChI=1S/C19H25BrO3/c1-14(18(21)22-3)8-7-13-19(2)17(20)12-11-16(23-19)15-9-5-4-6-10-15/h4-6,8-10,16-17H,7,11-13H2,1-3H3/b14-8+/t16-,17+,19-/m1/s1. The van der Waals surface area contributed by atoms with Crippen molar-refractivity contribution in [3.8, 4) is 0 Å². The molecule has 1 aromatic carbocycles. The molecule has 23 heavy (non-hydrogen) atoms. The summed E-state index contributed by atoms with van der Waals surface area (Å²) in [7, 11) is 1.41. The zero-order chi connectivity index (χ0) is 16.9. The number of carbonyl (C=O) groups is 1. The van der Waals surface area contributed by atoms with E-state index in [0.717, 1.165) is 25.7 Å². The first-order valence-electron chi connectivity index (χ1n) is 8.08. The summed E-state index contributed by atoms with van der Waals surface area (Å²) in [5.41, 5.74) is 1.64. The van der Waals surface area contributed by atoms with E-state index < -0.39 is 0 Å². The zero-order valence-electron chi connectivity index (χ0n) is 14.0. The molecule has 126 valence electrons. The lowest BCUT2D eigenvalue weighted by atomic mass is 9.87. The summed E-state index contributed by atoms with van der Waals surface area (Å²) in [4.78, 5) is 11.8. The van der Waals surface area contributed by atoms with Crippen LogP contribution in [0.5, 0.6) is 0 Å². The van der Waals surface area contributed by atoms with Crippen molar-refractivity contribution in [2.24, 2.45) is 0 Å². The van der Waals surface area contributed by atoms with E-state index in [4.69, 9.17) is 9.47 Å². The summed E-state index contributed by atoms with van der Waals surface area (Å²) >= 11 is 3.78. The lowest BCUT2D eigenvalue weighted by Gasteiger charge is -2.43. The van der Waals surface area contributed by atoms with E-state index in [1.165, 1.54) is 12.7 Å². The van der Waals surface area contributed by atoms with Crippen LogP contribution in [0.25, 0.3) is 0 Å². The largest absolute Gasteiger partial charge is 0.466 e. The molecule has 0 N–H and O–H groups in total. The van der Waals surface area contributed by atoms with Crippen LogP contribution in [0.2, 0.25) is 0 Å². The molecule has 4 heteroatoms. The Labute approximate surface area is 147 Å². The molecule has 0 aromatic heterocycles. The van der Waals surface area contributed by atoms with Gasteiger partial charge in [0.25, 0.3) is 0 Å². The molecular weight excluding hydrogens is 356 g/mol. The average Bonchev–Trinajstić information content (AvgIpc) is 2.57. The molecule has 0 amide bonds. The van der Waals surface area contributed by atoms with E-state index in [-0.39, 0.29) is 17.7 Å². The second-order valence-electron chi connectivity index (χ2n) is 6.29. The van der Waals surface area contributed by atoms with Crippen LogP contribution in [-0.2, 0) is 14.3 Å². The van der Waals surface area contributed by atoms with Crippen molar-refractivity contribution in [1.82, 2.24) is 0 Å². The monoisotopic (exact) mass is 380 g/mol. The Hall–Kier alpha value is -1.13. The van der Waals surface area contributed by atoms with Crippen molar-refractivity contribution >= 4 is 21.9 Å². The number of alkyl halides is 1. The van der Waals surface area contributed by atoms with Crippen LogP contribution in [-0.4, -0.2) is 23.5 Å². The fourth-order valence-electron chi connectivity index (χ4n) is 3.00. The molecule has 2 rings (SSSR count). The number of methoxy groups -OCH3 is 1. The number of ether oxygens (including phenoxy) is 2. The lowest BCUT2D eigenvalue weighted by Crippen LogP contribution is -2.43. The molecule has 0 spiro atoms. The molecule has 0 bridgehead atoms. The van der Waals surface area contributed by atoms with Gasteiger partial charge < -0.3 is 9.47 Å². The summed E-state index contributed by atoms with van der Waals surface area (Å²) < 4.78 is 11.2. The van der Waals surface area contributed by atoms with Crippen molar-refractivity contribution in [2.75, 3.05) is 7.11 Å². The predicted molar refractivity (Wildman–Crippen MR) is 95.6 cm³/mol. The highest BCUT2D eigenvalue weighted by Crippen LogP contribution is 2.42. The van der Waals surface area contributed by atoms with E-state index in [1.807, 2.05) is 12.1 Å². The Kier molecular flexibility index (Phi) is 6.42. The van der Waals surface area contributed by atoms with Crippen LogP contribution in [0, 0.1) is 0 Å². The van der Waals surface area contributed by atoms with Crippen molar-refractivity contribution in [3.05, 3.63) is 47.5 Å². The molecule has 0 radical (unpaired) electrons. The Morgan fingerprint density at radius 2 is 2.09 bits per heavy atom. The van der Waals surface area contributed by atoms with Gasteiger partial charge in [0.1, 0.15) is 0 Å². The summed E-state index contributed by atoms with van der Waals surface area (Å²) in [5.74, 6) is -0.266. The average molecular weight is 381 g/mol. The first-order valence-corrected chi connectivity index (χ1v) is 9.00. The van der Waals surface area contributed by atoms with Crippen LogP contribution in [0.4, 0.5) is 0 Å². The third kappa shape index (κ3) is 4.67. The highest BCUT2D eigenvalue weighted by molar-refractivity contribution is 9.09. The van der Waals surface area contributed by atoms with Gasteiger partial charge >= 0.3 is 5.97 Å². The molecule has 1 fully saturated rings. The molecule has 1 aliphatic heterocycles. The topological polar surface area (TPSA) is 35.5 Å². The van der Waals surface area contributed by atoms with Gasteiger partial charge in [0.05, 0.1) is 18.8 Å². The second kappa shape index (κ2) is 8.11. The highest BCUT2D eigenvalue weighted by Gasteiger charge is 2.39. The quantitative estimate of drug-likeness (QED) is 0.411. The van der Waals surface area contributed by atoms with Gasteiger partial charge in [-0.2, -0.15) is 0 Å². The van der Waals surface area contributed by atoms with E-state index in [9.17, 15) is 4.79 Å². The van der Waals surface area contributed by atoms with Gasteiger partial charge in [-0.1, -0.05) is 52.3 Å². The molecule has 0 saturated carbocycles. The minimum Gasteiger partial charge on any atom is -0.466 e. The minimum absolute atomic E-state index is 0.140. The lowest BCUT2D eigenvalue weighted by molar-refractivity contribution is -0.136. The van der Waals surface area contributed by atoms with Gasteiger partial charge in [-0.3, -0.25) is 0 Å². The van der Waals surface area contributed by atoms with Crippen LogP contribution in [0.15, 0.2) is 42.0 Å². The van der Waals surface area contributed by atoms with Crippen LogP contribution >= 0.6 is 15.9 Å². The maximum Gasteiger partial charge on any atom is 0.333 e. The van der Waals surface area contributed by atoms with Gasteiger partial charge in [-0.25, -0.2) is 4.79 Å². The number of allylic oxidation sites excluding steroid dienone is 1. The van der Waals surface area contributed by atoms with Crippen molar-refractivity contribution in [3.63, 3.8) is 0 Å². The Balaban J connectivity index is 2.02. The second-order valence-corrected chi connectivity index (χ2v) is 7.40. The molecule has 1 aromatic rings. The van der Waals surface area contributed by atoms with Gasteiger partial charge in [0.2, 0.25) is 0 Å². The van der Waals surface area contributed by atoms with Gasteiger partial charge in [-0.05, 0) is 45.1 Å². The van der Waals surface area contributed by atoms with Crippen molar-refractivity contribution in [1.29, 1.82) is 0 Å². The number of hydrogen-bond donors (Lipinski definition) is 0. The Morgan fingerprint density at radius 3 is 2.74 bits per heavy atom. The molecular formula is C19H25BrO3. The summed E-state index contributed by atoms with van der Waals surface area (Å²) in [6, 6.07) is 10.4. The fraction of sp³-hybridized carbons (Fsp3) is 0.526. The maximum atomic E-state index is 11.4. The molecule has 1 heterocycles. The van der Waals surface area contributed by atoms with Gasteiger partial charge in [-0.15, -0.1) is 0 Å². The SMILES string of the molecule is COC(=O)/C(C)=C/CC[C@@]1(C)O[C@@H](c2ccccc2)CC[C@@H]1Br. The molecule has 3 nitrogen and oxygen atoms in total. The van der Waals surface area contributed by atoms with Crippen molar-refractivity contribution < 1.29 is 14.3 Å². The fourth-order valence-corrected chi connectivity index (χ4v) is 3.60. The first kappa shape index (κ1) is 18.2. The van der Waals surface area contributed by atoms with Gasteiger partial charge in [0, 0.05) is 10.4 Å². The van der Waals surface area contributed by atoms with E-state index in [1.54, 1.807) is 6.92 Å². The predicted octanol–water partition coefficient (Wildman–Crippen LogP) is 4.96. The highest BCUT2D eigenvalue weighted by atomic mass is 79.9. The summed E-state index contributed by atoms with van der Waals surface area (Å²) in [6.45, 7) is 3.94.